The summed E-state index contributed by atoms with van der Waals surface area (Å²) >= 11 is 0. The third-order valence-electron chi connectivity index (χ3n) is 4.99. The van der Waals surface area contributed by atoms with Crippen molar-refractivity contribution in [1.29, 1.82) is 0 Å². The lowest BCUT2D eigenvalue weighted by molar-refractivity contribution is -0.140. The molecule has 1 atom stereocenters. The van der Waals surface area contributed by atoms with E-state index in [-0.39, 0.29) is 12.5 Å². The summed E-state index contributed by atoms with van der Waals surface area (Å²) in [6, 6.07) is 15.4. The van der Waals surface area contributed by atoms with Gasteiger partial charge >= 0.3 is 11.9 Å². The first-order chi connectivity index (χ1) is 16.1. The number of benzene rings is 2. The monoisotopic (exact) mass is 460 g/mol. The predicted molar refractivity (Wildman–Crippen MR) is 135 cm³/mol. The van der Waals surface area contributed by atoms with E-state index in [1.54, 1.807) is 26.0 Å². The molecule has 5 nitrogen and oxygen atoms in total. The fourth-order valence-corrected chi connectivity index (χ4v) is 2.90. The first kappa shape index (κ1) is 26.4. The molecule has 0 radical (unpaired) electrons. The van der Waals surface area contributed by atoms with Crippen LogP contribution in [-0.2, 0) is 25.5 Å². The molecule has 0 N–H and O–H groups in total. The highest BCUT2D eigenvalue weighted by Crippen LogP contribution is 2.24. The zero-order valence-corrected chi connectivity index (χ0v) is 20.2. The molecular formula is C29H32O5. The molecule has 0 amide bonds. The minimum Gasteiger partial charge on any atom is -0.494 e. The van der Waals surface area contributed by atoms with Crippen molar-refractivity contribution in [3.63, 3.8) is 0 Å². The highest BCUT2D eigenvalue weighted by molar-refractivity contribution is 5.88. The standard InChI is InChI=1S/C29H32O5/c1-19(2)22(7)32-17-24(18-33-28(30)20(3)4)16-23-8-10-25(11-9-23)26-12-14-27(15-13-26)34-29(31)21(5)6/h8-15,24H,1,3,5,7,16-18H2,2,4,6H3. The van der Waals surface area contributed by atoms with Crippen molar-refractivity contribution >= 4 is 11.9 Å². The Kier molecular flexibility index (Phi) is 9.62. The fourth-order valence-electron chi connectivity index (χ4n) is 2.90. The van der Waals surface area contributed by atoms with Gasteiger partial charge in [0.05, 0.1) is 13.2 Å². The minimum absolute atomic E-state index is 0.0625. The van der Waals surface area contributed by atoms with Gasteiger partial charge in [0.1, 0.15) is 11.5 Å². The predicted octanol–water partition coefficient (Wildman–Crippen LogP) is 6.22. The molecular weight excluding hydrogens is 428 g/mol. The normalized spacial score (nSPS) is 11.1. The molecule has 2 aromatic rings. The SMILES string of the molecule is C=C(C)C(=C)OCC(COC(=O)C(=C)C)Cc1ccc(-c2ccc(OC(=O)C(=C)C)cc2)cc1. The average molecular weight is 461 g/mol. The van der Waals surface area contributed by atoms with Crippen LogP contribution in [-0.4, -0.2) is 25.2 Å². The molecule has 0 bridgehead atoms. The minimum atomic E-state index is -0.448. The lowest BCUT2D eigenvalue weighted by Gasteiger charge is -2.19. The van der Waals surface area contributed by atoms with Gasteiger partial charge in [0.25, 0.3) is 0 Å². The van der Waals surface area contributed by atoms with Gasteiger partial charge in [-0.15, -0.1) is 0 Å². The number of hydrogen-bond acceptors (Lipinski definition) is 5. The fraction of sp³-hybridized carbons (Fsp3) is 0.241. The van der Waals surface area contributed by atoms with Gasteiger partial charge in [0.2, 0.25) is 0 Å². The number of rotatable bonds is 12. The summed E-state index contributed by atoms with van der Waals surface area (Å²) in [5, 5.41) is 0. The zero-order valence-electron chi connectivity index (χ0n) is 20.2. The summed E-state index contributed by atoms with van der Waals surface area (Å²) in [6.07, 6.45) is 0.656. The summed E-state index contributed by atoms with van der Waals surface area (Å²) in [5.74, 6) is 0.0567. The molecule has 0 saturated heterocycles. The molecule has 5 heteroatoms. The van der Waals surface area contributed by atoms with E-state index in [0.29, 0.717) is 35.7 Å². The Morgan fingerprint density at radius 3 is 1.71 bits per heavy atom. The van der Waals surface area contributed by atoms with Gasteiger partial charge in [-0.05, 0) is 61.6 Å². The highest BCUT2D eigenvalue weighted by Gasteiger charge is 2.15. The smallest absolute Gasteiger partial charge is 0.338 e. The van der Waals surface area contributed by atoms with Crippen molar-refractivity contribution in [3.05, 3.63) is 103 Å². The number of allylic oxidation sites excluding steroid dienone is 1. The maximum absolute atomic E-state index is 11.8. The molecule has 0 aliphatic rings. The van der Waals surface area contributed by atoms with Crippen LogP contribution in [0.4, 0.5) is 0 Å². The van der Waals surface area contributed by atoms with E-state index in [1.807, 2.05) is 43.3 Å². The van der Waals surface area contributed by atoms with E-state index >= 15 is 0 Å². The van der Waals surface area contributed by atoms with Gasteiger partial charge in [-0.1, -0.05) is 62.7 Å². The number of ether oxygens (including phenoxy) is 3. The molecule has 0 saturated carbocycles. The van der Waals surface area contributed by atoms with Crippen molar-refractivity contribution in [1.82, 2.24) is 0 Å². The molecule has 34 heavy (non-hydrogen) atoms. The first-order valence-electron chi connectivity index (χ1n) is 10.9. The Morgan fingerprint density at radius 2 is 1.21 bits per heavy atom. The first-order valence-corrected chi connectivity index (χ1v) is 10.9. The van der Waals surface area contributed by atoms with E-state index in [0.717, 1.165) is 22.3 Å². The van der Waals surface area contributed by atoms with E-state index in [4.69, 9.17) is 14.2 Å². The average Bonchev–Trinajstić information content (AvgIpc) is 2.81. The summed E-state index contributed by atoms with van der Waals surface area (Å²) in [4.78, 5) is 23.5. The largest absolute Gasteiger partial charge is 0.494 e. The van der Waals surface area contributed by atoms with E-state index < -0.39 is 11.9 Å². The van der Waals surface area contributed by atoms with Gasteiger partial charge in [-0.2, -0.15) is 0 Å². The van der Waals surface area contributed by atoms with Gasteiger partial charge in [0.15, 0.2) is 0 Å². The summed E-state index contributed by atoms with van der Waals surface area (Å²) < 4.78 is 16.3. The van der Waals surface area contributed by atoms with Crippen LogP contribution in [0.15, 0.2) is 97.3 Å². The van der Waals surface area contributed by atoms with E-state index in [9.17, 15) is 9.59 Å². The highest BCUT2D eigenvalue weighted by atomic mass is 16.5. The second-order valence-corrected chi connectivity index (χ2v) is 8.35. The van der Waals surface area contributed by atoms with Gasteiger partial charge in [-0.25, -0.2) is 9.59 Å². The number of esters is 2. The van der Waals surface area contributed by atoms with Crippen LogP contribution in [0.1, 0.15) is 26.3 Å². The summed E-state index contributed by atoms with van der Waals surface area (Å²) in [7, 11) is 0. The van der Waals surface area contributed by atoms with E-state index in [2.05, 4.69) is 26.3 Å². The third-order valence-corrected chi connectivity index (χ3v) is 4.99. The van der Waals surface area contributed by atoms with Crippen molar-refractivity contribution in [2.24, 2.45) is 5.92 Å². The van der Waals surface area contributed by atoms with Crippen LogP contribution in [0.2, 0.25) is 0 Å². The number of hydrogen-bond donors (Lipinski definition) is 0. The van der Waals surface area contributed by atoms with Gasteiger partial charge in [-0.3, -0.25) is 0 Å². The molecule has 2 rings (SSSR count). The Bertz CT molecular complexity index is 1040. The second-order valence-electron chi connectivity index (χ2n) is 8.35. The van der Waals surface area contributed by atoms with Crippen LogP contribution < -0.4 is 4.74 Å². The molecule has 0 fully saturated rings. The van der Waals surface area contributed by atoms with E-state index in [1.165, 1.54) is 0 Å². The van der Waals surface area contributed by atoms with Crippen molar-refractivity contribution in [2.75, 3.05) is 13.2 Å². The lowest BCUT2D eigenvalue weighted by Crippen LogP contribution is -2.21. The quantitative estimate of drug-likeness (QED) is 0.124. The molecule has 2 aromatic carbocycles. The van der Waals surface area contributed by atoms with Crippen molar-refractivity contribution in [3.8, 4) is 16.9 Å². The topological polar surface area (TPSA) is 61.8 Å². The van der Waals surface area contributed by atoms with Gasteiger partial charge in [0, 0.05) is 17.1 Å². The third kappa shape index (κ3) is 8.24. The van der Waals surface area contributed by atoms with Crippen LogP contribution >= 0.6 is 0 Å². The molecule has 178 valence electrons. The number of carbonyl (C=O) groups is 2. The van der Waals surface area contributed by atoms with Gasteiger partial charge < -0.3 is 14.2 Å². The van der Waals surface area contributed by atoms with Crippen molar-refractivity contribution in [2.45, 2.75) is 27.2 Å². The maximum Gasteiger partial charge on any atom is 0.338 e. The summed E-state index contributed by atoms with van der Waals surface area (Å²) in [5.41, 5.74) is 4.56. The van der Waals surface area contributed by atoms with Crippen LogP contribution in [0.5, 0.6) is 5.75 Å². The zero-order chi connectivity index (χ0) is 25.3. The Morgan fingerprint density at radius 1 is 0.706 bits per heavy atom. The summed E-state index contributed by atoms with van der Waals surface area (Å²) in [6.45, 7) is 20.5. The second kappa shape index (κ2) is 12.4. The maximum atomic E-state index is 11.8. The van der Waals surface area contributed by atoms with Crippen molar-refractivity contribution < 1.29 is 23.8 Å². The van der Waals surface area contributed by atoms with Crippen LogP contribution in [0.25, 0.3) is 11.1 Å². The Hall–Kier alpha value is -3.86. The molecule has 0 aliphatic carbocycles. The molecule has 0 aliphatic heterocycles. The lowest BCUT2D eigenvalue weighted by atomic mass is 9.97. The molecule has 0 heterocycles. The Balaban J connectivity index is 2.06. The van der Waals surface area contributed by atoms with Crippen LogP contribution in [0.3, 0.4) is 0 Å². The van der Waals surface area contributed by atoms with Crippen LogP contribution in [0, 0.1) is 5.92 Å². The molecule has 0 aromatic heterocycles. The molecule has 0 spiro atoms. The molecule has 1 unspecified atom stereocenters. The number of carbonyl (C=O) groups excluding carboxylic acids is 2. The Labute approximate surface area is 202 Å².